The minimum atomic E-state index is -2.78. The van der Waals surface area contributed by atoms with Crippen LogP contribution in [0.4, 0.5) is 14.7 Å². The van der Waals surface area contributed by atoms with E-state index in [1.807, 2.05) is 4.90 Å². The van der Waals surface area contributed by atoms with Gasteiger partial charge in [-0.05, 0) is 56.6 Å². The molecule has 11 heteroatoms. The number of ketones is 1. The van der Waals surface area contributed by atoms with Gasteiger partial charge in [0.25, 0.3) is 6.43 Å². The minimum Gasteiger partial charge on any atom is -0.474 e. The summed E-state index contributed by atoms with van der Waals surface area (Å²) in [6.07, 6.45) is 7.38. The number of halogens is 2. The van der Waals surface area contributed by atoms with Gasteiger partial charge < -0.3 is 19.7 Å². The van der Waals surface area contributed by atoms with Crippen molar-refractivity contribution >= 4 is 22.8 Å². The fraction of sp³-hybridized carbons (Fsp3) is 0.613. The lowest BCUT2D eigenvalue weighted by atomic mass is 9.84. The maximum absolute atomic E-state index is 14.1. The molecule has 2 saturated carbocycles. The quantitative estimate of drug-likeness (QED) is 0.339. The maximum atomic E-state index is 14.1. The molecule has 1 aromatic carbocycles. The standard InChI is InChI=1S/C31H40F2N6O3/c32-29(33)30-35-25-8-4-5-9-26(25)39(30)27-19-28(37-31(36-27)38-14-16-41-17-15-38)42-24-12-10-21(11-13-24)18-23(40)20-34-22-6-2-1-3-7-22/h4-5,8-9,19,21-22,24,29,34H,1-3,6-7,10-18,20H2. The van der Waals surface area contributed by atoms with Crippen molar-refractivity contribution in [3.8, 4) is 11.7 Å². The van der Waals surface area contributed by atoms with Crippen LogP contribution in [-0.4, -0.2) is 70.3 Å². The average Bonchev–Trinajstić information content (AvgIpc) is 3.42. The van der Waals surface area contributed by atoms with Gasteiger partial charge in [0.05, 0.1) is 30.8 Å². The minimum absolute atomic E-state index is 0.0638. The SMILES string of the molecule is O=C(CNC1CCCCC1)CC1CCC(Oc2cc(-n3c(C(F)F)nc4ccccc43)nc(N3CCOCC3)n2)CC1. The molecule has 1 saturated heterocycles. The van der Waals surface area contributed by atoms with Crippen LogP contribution in [0.25, 0.3) is 16.9 Å². The number of carbonyl (C=O) groups excluding carboxylic acids is 1. The maximum Gasteiger partial charge on any atom is 0.296 e. The van der Waals surface area contributed by atoms with Crippen LogP contribution >= 0.6 is 0 Å². The second-order valence-corrected chi connectivity index (χ2v) is 11.8. The Labute approximate surface area is 245 Å². The first kappa shape index (κ1) is 28.9. The summed E-state index contributed by atoms with van der Waals surface area (Å²) >= 11 is 0. The number of ether oxygens (including phenoxy) is 2. The van der Waals surface area contributed by atoms with Crippen LogP contribution in [0.2, 0.25) is 0 Å². The van der Waals surface area contributed by atoms with Crippen molar-refractivity contribution in [2.45, 2.75) is 82.8 Å². The Hall–Kier alpha value is -3.18. The van der Waals surface area contributed by atoms with Gasteiger partial charge in [-0.3, -0.25) is 9.36 Å². The Morgan fingerprint density at radius 2 is 1.76 bits per heavy atom. The van der Waals surface area contributed by atoms with Crippen molar-refractivity contribution in [2.75, 3.05) is 37.7 Å². The van der Waals surface area contributed by atoms with E-state index in [0.29, 0.717) is 85.7 Å². The highest BCUT2D eigenvalue weighted by molar-refractivity contribution is 5.80. The first-order valence-corrected chi connectivity index (χ1v) is 15.4. The molecule has 1 aliphatic heterocycles. The summed E-state index contributed by atoms with van der Waals surface area (Å²) in [5.74, 6) is 1.38. The number of anilines is 1. The monoisotopic (exact) mass is 582 g/mol. The zero-order valence-electron chi connectivity index (χ0n) is 24.0. The lowest BCUT2D eigenvalue weighted by Gasteiger charge is -2.30. The van der Waals surface area contributed by atoms with E-state index in [9.17, 15) is 13.6 Å². The smallest absolute Gasteiger partial charge is 0.296 e. The molecule has 1 N–H and O–H groups in total. The number of rotatable bonds is 10. The fourth-order valence-electron chi connectivity index (χ4n) is 6.50. The van der Waals surface area contributed by atoms with E-state index < -0.39 is 6.43 Å². The van der Waals surface area contributed by atoms with E-state index in [1.165, 1.54) is 36.7 Å². The number of nitrogens with zero attached hydrogens (tertiary/aromatic N) is 5. The van der Waals surface area contributed by atoms with E-state index >= 15 is 0 Å². The number of nitrogens with one attached hydrogen (secondary N) is 1. The molecule has 0 radical (unpaired) electrons. The second kappa shape index (κ2) is 13.4. The number of morpholine rings is 1. The van der Waals surface area contributed by atoms with Gasteiger partial charge in [0.15, 0.2) is 5.82 Å². The lowest BCUT2D eigenvalue weighted by molar-refractivity contribution is -0.119. The highest BCUT2D eigenvalue weighted by atomic mass is 19.3. The van der Waals surface area contributed by atoms with Gasteiger partial charge in [0, 0.05) is 31.6 Å². The highest BCUT2D eigenvalue weighted by Gasteiger charge is 2.27. The van der Waals surface area contributed by atoms with Crippen molar-refractivity contribution in [1.82, 2.24) is 24.8 Å². The molecule has 0 spiro atoms. The largest absolute Gasteiger partial charge is 0.474 e. The number of imidazole rings is 1. The molecule has 3 fully saturated rings. The van der Waals surface area contributed by atoms with Gasteiger partial charge in [-0.2, -0.15) is 9.97 Å². The van der Waals surface area contributed by atoms with Crippen LogP contribution in [0.5, 0.6) is 5.88 Å². The van der Waals surface area contributed by atoms with Gasteiger partial charge in [-0.25, -0.2) is 13.8 Å². The number of alkyl halides is 2. The Morgan fingerprint density at radius 3 is 2.52 bits per heavy atom. The Morgan fingerprint density at radius 1 is 1.00 bits per heavy atom. The first-order chi connectivity index (χ1) is 20.5. The zero-order chi connectivity index (χ0) is 28.9. The summed E-state index contributed by atoms with van der Waals surface area (Å²) in [4.78, 5) is 28.2. The number of benzene rings is 1. The Balaban J connectivity index is 1.15. The summed E-state index contributed by atoms with van der Waals surface area (Å²) < 4.78 is 41.6. The van der Waals surface area contributed by atoms with Gasteiger partial charge in [0.2, 0.25) is 11.8 Å². The molecule has 6 rings (SSSR count). The van der Waals surface area contributed by atoms with Gasteiger partial charge in [-0.1, -0.05) is 31.4 Å². The summed E-state index contributed by atoms with van der Waals surface area (Å²) in [5.41, 5.74) is 1.03. The van der Waals surface area contributed by atoms with E-state index in [-0.39, 0.29) is 11.9 Å². The summed E-state index contributed by atoms with van der Waals surface area (Å²) in [6.45, 7) is 2.75. The fourth-order valence-corrected chi connectivity index (χ4v) is 6.50. The average molecular weight is 583 g/mol. The molecule has 3 aliphatic rings. The van der Waals surface area contributed by atoms with Gasteiger partial charge in [0.1, 0.15) is 17.7 Å². The van der Waals surface area contributed by atoms with E-state index in [2.05, 4.69) is 10.3 Å². The summed E-state index contributed by atoms with van der Waals surface area (Å²) in [6, 6.07) is 9.18. The summed E-state index contributed by atoms with van der Waals surface area (Å²) in [7, 11) is 0. The van der Waals surface area contributed by atoms with Gasteiger partial charge >= 0.3 is 0 Å². The molecular weight excluding hydrogens is 542 g/mol. The predicted molar refractivity (Wildman–Crippen MR) is 156 cm³/mol. The summed E-state index contributed by atoms with van der Waals surface area (Å²) in [5, 5.41) is 3.47. The van der Waals surface area contributed by atoms with Crippen molar-refractivity contribution in [3.05, 3.63) is 36.2 Å². The third kappa shape index (κ3) is 6.89. The Bertz CT molecular complexity index is 1350. The van der Waals surface area contributed by atoms with Crippen molar-refractivity contribution in [3.63, 3.8) is 0 Å². The first-order valence-electron chi connectivity index (χ1n) is 15.4. The van der Waals surface area contributed by atoms with E-state index in [4.69, 9.17) is 19.4 Å². The molecule has 0 atom stereocenters. The number of hydrogen-bond acceptors (Lipinski definition) is 8. The molecule has 9 nitrogen and oxygen atoms in total. The number of carbonyl (C=O) groups is 1. The van der Waals surface area contributed by atoms with Crippen LogP contribution in [-0.2, 0) is 9.53 Å². The molecule has 0 amide bonds. The van der Waals surface area contributed by atoms with Crippen LogP contribution in [0, 0.1) is 5.92 Å². The van der Waals surface area contributed by atoms with Crippen molar-refractivity contribution in [1.29, 1.82) is 0 Å². The van der Waals surface area contributed by atoms with E-state index in [1.54, 1.807) is 30.3 Å². The third-order valence-electron chi connectivity index (χ3n) is 8.77. The number of Topliss-reactive ketones (excluding diaryl/α,β-unsaturated/α-hetero) is 1. The molecule has 226 valence electrons. The van der Waals surface area contributed by atoms with Crippen LogP contribution in [0.3, 0.4) is 0 Å². The zero-order valence-corrected chi connectivity index (χ0v) is 24.0. The van der Waals surface area contributed by atoms with Crippen LogP contribution in [0.1, 0.15) is 76.5 Å². The molecule has 0 unspecified atom stereocenters. The Kier molecular flexibility index (Phi) is 9.24. The third-order valence-corrected chi connectivity index (χ3v) is 8.77. The normalized spacial score (nSPS) is 22.1. The van der Waals surface area contributed by atoms with Gasteiger partial charge in [-0.15, -0.1) is 0 Å². The molecule has 0 bridgehead atoms. The van der Waals surface area contributed by atoms with Crippen molar-refractivity contribution in [2.24, 2.45) is 5.92 Å². The van der Waals surface area contributed by atoms with Crippen molar-refractivity contribution < 1.29 is 23.0 Å². The molecule has 3 heterocycles. The number of aromatic nitrogens is 4. The number of para-hydroxylation sites is 2. The number of fused-ring (bicyclic) bond motifs is 1. The predicted octanol–water partition coefficient (Wildman–Crippen LogP) is 5.41. The molecule has 3 aromatic rings. The highest BCUT2D eigenvalue weighted by Crippen LogP contribution is 2.32. The molecule has 42 heavy (non-hydrogen) atoms. The topological polar surface area (TPSA) is 94.4 Å². The van der Waals surface area contributed by atoms with Crippen LogP contribution in [0.15, 0.2) is 30.3 Å². The van der Waals surface area contributed by atoms with Crippen LogP contribution < -0.4 is 15.0 Å². The molecular formula is C31H40F2N6O3. The lowest BCUT2D eigenvalue weighted by Crippen LogP contribution is -2.37. The molecule has 2 aliphatic carbocycles. The number of hydrogen-bond donors (Lipinski definition) is 1. The molecule has 2 aromatic heterocycles. The van der Waals surface area contributed by atoms with E-state index in [0.717, 1.165) is 25.7 Å². The second-order valence-electron chi connectivity index (χ2n) is 11.8.